The largest absolute Gasteiger partial charge is 0.363 e. The zero-order valence-corrected chi connectivity index (χ0v) is 12.3. The van der Waals surface area contributed by atoms with Crippen LogP contribution in [0.4, 0.5) is 11.6 Å². The van der Waals surface area contributed by atoms with Crippen LogP contribution in [0.3, 0.4) is 0 Å². The number of aromatic nitrogens is 2. The highest BCUT2D eigenvalue weighted by molar-refractivity contribution is 6.30. The number of nitrogen functional groups attached to an aromatic ring is 1. The summed E-state index contributed by atoms with van der Waals surface area (Å²) in [6.07, 6.45) is 2.27. The monoisotopic (exact) mass is 291 g/mol. The van der Waals surface area contributed by atoms with Gasteiger partial charge in [0.2, 0.25) is 0 Å². The first kappa shape index (κ1) is 14.6. The van der Waals surface area contributed by atoms with Gasteiger partial charge in [-0.1, -0.05) is 30.7 Å². The molecule has 0 saturated heterocycles. The average molecular weight is 292 g/mol. The molecule has 1 atom stereocenters. The van der Waals surface area contributed by atoms with Crippen molar-refractivity contribution in [1.82, 2.24) is 9.97 Å². The van der Waals surface area contributed by atoms with E-state index in [4.69, 9.17) is 17.4 Å². The molecule has 0 saturated carbocycles. The third kappa shape index (κ3) is 3.18. The lowest BCUT2D eigenvalue weighted by Crippen LogP contribution is -2.15. The third-order valence-corrected chi connectivity index (χ3v) is 3.37. The van der Waals surface area contributed by atoms with Crippen LogP contribution in [-0.4, -0.2) is 9.97 Å². The molecule has 0 aliphatic carbocycles. The number of anilines is 2. The molecule has 0 amide bonds. The van der Waals surface area contributed by atoms with E-state index in [2.05, 4.69) is 27.6 Å². The van der Waals surface area contributed by atoms with E-state index in [1.807, 2.05) is 31.2 Å². The van der Waals surface area contributed by atoms with Crippen LogP contribution in [-0.2, 0) is 6.42 Å². The molecular formula is C14H18ClN5. The molecule has 0 bridgehead atoms. The fraction of sp³-hybridized carbons (Fsp3) is 0.286. The lowest BCUT2D eigenvalue weighted by atomic mass is 10.1. The minimum Gasteiger partial charge on any atom is -0.363 e. The highest BCUT2D eigenvalue weighted by atomic mass is 35.5. The summed E-state index contributed by atoms with van der Waals surface area (Å²) < 4.78 is 0. The second kappa shape index (κ2) is 6.54. The summed E-state index contributed by atoms with van der Waals surface area (Å²) in [4.78, 5) is 8.41. The van der Waals surface area contributed by atoms with Crippen molar-refractivity contribution >= 4 is 23.2 Å². The molecule has 20 heavy (non-hydrogen) atoms. The van der Waals surface area contributed by atoms with E-state index >= 15 is 0 Å². The Balaban J connectivity index is 2.25. The SMILES string of the molecule is CCc1c(NN)ncnc1NC(C)c1cccc(Cl)c1. The second-order valence-electron chi connectivity index (χ2n) is 4.47. The lowest BCUT2D eigenvalue weighted by molar-refractivity contribution is 0.863. The highest BCUT2D eigenvalue weighted by Gasteiger charge is 2.12. The van der Waals surface area contributed by atoms with Gasteiger partial charge in [0.25, 0.3) is 0 Å². The van der Waals surface area contributed by atoms with Gasteiger partial charge in [0.05, 0.1) is 6.04 Å². The molecule has 6 heteroatoms. The summed E-state index contributed by atoms with van der Waals surface area (Å²) in [7, 11) is 0. The van der Waals surface area contributed by atoms with Crippen molar-refractivity contribution < 1.29 is 0 Å². The summed E-state index contributed by atoms with van der Waals surface area (Å²) >= 11 is 6.02. The molecule has 5 nitrogen and oxygen atoms in total. The van der Waals surface area contributed by atoms with Crippen LogP contribution in [0.2, 0.25) is 5.02 Å². The van der Waals surface area contributed by atoms with Gasteiger partial charge in [-0.15, -0.1) is 0 Å². The van der Waals surface area contributed by atoms with E-state index < -0.39 is 0 Å². The first-order valence-corrected chi connectivity index (χ1v) is 6.86. The molecule has 1 unspecified atom stereocenters. The highest BCUT2D eigenvalue weighted by Crippen LogP contribution is 2.25. The van der Waals surface area contributed by atoms with E-state index in [1.54, 1.807) is 0 Å². The Kier molecular flexibility index (Phi) is 4.76. The maximum atomic E-state index is 6.02. The number of benzene rings is 1. The van der Waals surface area contributed by atoms with Crippen molar-refractivity contribution in [1.29, 1.82) is 0 Å². The van der Waals surface area contributed by atoms with Crippen LogP contribution >= 0.6 is 11.6 Å². The topological polar surface area (TPSA) is 75.9 Å². The Labute approximate surface area is 123 Å². The quantitative estimate of drug-likeness (QED) is 0.583. The number of nitrogens with one attached hydrogen (secondary N) is 2. The van der Waals surface area contributed by atoms with E-state index in [0.29, 0.717) is 5.82 Å². The number of rotatable bonds is 5. The van der Waals surface area contributed by atoms with Gasteiger partial charge in [-0.25, -0.2) is 15.8 Å². The van der Waals surface area contributed by atoms with Gasteiger partial charge in [-0.2, -0.15) is 0 Å². The fourth-order valence-electron chi connectivity index (χ4n) is 2.06. The maximum Gasteiger partial charge on any atom is 0.148 e. The number of nitrogens with two attached hydrogens (primary N) is 1. The number of nitrogens with zero attached hydrogens (tertiary/aromatic N) is 2. The van der Waals surface area contributed by atoms with Crippen LogP contribution in [0.5, 0.6) is 0 Å². The van der Waals surface area contributed by atoms with Crippen LogP contribution in [0, 0.1) is 0 Å². The summed E-state index contributed by atoms with van der Waals surface area (Å²) in [6.45, 7) is 4.09. The Morgan fingerprint density at radius 2 is 2.05 bits per heavy atom. The normalized spacial score (nSPS) is 12.0. The van der Waals surface area contributed by atoms with E-state index in [-0.39, 0.29) is 6.04 Å². The Bertz CT molecular complexity index is 588. The molecule has 1 aromatic carbocycles. The van der Waals surface area contributed by atoms with Gasteiger partial charge < -0.3 is 10.7 Å². The second-order valence-corrected chi connectivity index (χ2v) is 4.90. The Hall–Kier alpha value is -1.85. The van der Waals surface area contributed by atoms with Crippen molar-refractivity contribution in [3.05, 3.63) is 46.7 Å². The smallest absolute Gasteiger partial charge is 0.148 e. The molecular weight excluding hydrogens is 274 g/mol. The molecule has 106 valence electrons. The summed E-state index contributed by atoms with van der Waals surface area (Å²) in [5.41, 5.74) is 4.66. The molecule has 2 rings (SSSR count). The van der Waals surface area contributed by atoms with Crippen LogP contribution in [0.15, 0.2) is 30.6 Å². The number of halogens is 1. The van der Waals surface area contributed by atoms with E-state index in [1.165, 1.54) is 6.33 Å². The van der Waals surface area contributed by atoms with Crippen LogP contribution < -0.4 is 16.6 Å². The van der Waals surface area contributed by atoms with Crippen LogP contribution in [0.1, 0.15) is 31.0 Å². The summed E-state index contributed by atoms with van der Waals surface area (Å²) in [5.74, 6) is 6.89. The molecule has 4 N–H and O–H groups in total. The van der Waals surface area contributed by atoms with Gasteiger partial charge in [0, 0.05) is 10.6 Å². The molecule has 1 aromatic heterocycles. The Morgan fingerprint density at radius 1 is 1.30 bits per heavy atom. The van der Waals surface area contributed by atoms with Crippen molar-refractivity contribution in [3.8, 4) is 0 Å². The van der Waals surface area contributed by atoms with E-state index in [9.17, 15) is 0 Å². The predicted molar refractivity (Wildman–Crippen MR) is 82.7 cm³/mol. The minimum absolute atomic E-state index is 0.0829. The molecule has 0 spiro atoms. The van der Waals surface area contributed by atoms with E-state index in [0.717, 1.165) is 28.4 Å². The molecule has 0 fully saturated rings. The maximum absolute atomic E-state index is 6.02. The lowest BCUT2D eigenvalue weighted by Gasteiger charge is -2.18. The standard InChI is InChI=1S/C14H18ClN5/c1-3-12-13(17-8-18-14(12)20-16)19-9(2)10-5-4-6-11(15)7-10/h4-9H,3,16H2,1-2H3,(H2,17,18,19,20). The number of hydrogen-bond donors (Lipinski definition) is 3. The first-order chi connectivity index (χ1) is 9.65. The molecule has 0 radical (unpaired) electrons. The molecule has 2 aromatic rings. The van der Waals surface area contributed by atoms with Crippen LogP contribution in [0.25, 0.3) is 0 Å². The minimum atomic E-state index is 0.0829. The van der Waals surface area contributed by atoms with Crippen molar-refractivity contribution in [2.24, 2.45) is 5.84 Å². The van der Waals surface area contributed by atoms with Crippen molar-refractivity contribution in [2.75, 3.05) is 10.7 Å². The number of hydrogen-bond acceptors (Lipinski definition) is 5. The van der Waals surface area contributed by atoms with Crippen molar-refractivity contribution in [2.45, 2.75) is 26.3 Å². The average Bonchev–Trinajstić information content (AvgIpc) is 2.46. The summed E-state index contributed by atoms with van der Waals surface area (Å²) in [5, 5.41) is 4.10. The number of hydrazine groups is 1. The zero-order valence-electron chi connectivity index (χ0n) is 11.5. The Morgan fingerprint density at radius 3 is 2.70 bits per heavy atom. The van der Waals surface area contributed by atoms with Gasteiger partial charge in [-0.3, -0.25) is 0 Å². The zero-order chi connectivity index (χ0) is 14.5. The van der Waals surface area contributed by atoms with Crippen molar-refractivity contribution in [3.63, 3.8) is 0 Å². The molecule has 0 aliphatic rings. The van der Waals surface area contributed by atoms with Gasteiger partial charge in [0.15, 0.2) is 0 Å². The van der Waals surface area contributed by atoms with Gasteiger partial charge >= 0.3 is 0 Å². The van der Waals surface area contributed by atoms with Gasteiger partial charge in [0.1, 0.15) is 18.0 Å². The predicted octanol–water partition coefficient (Wildman–Crippen LogP) is 3.15. The van der Waals surface area contributed by atoms with Gasteiger partial charge in [-0.05, 0) is 31.0 Å². The third-order valence-electron chi connectivity index (χ3n) is 3.14. The summed E-state index contributed by atoms with van der Waals surface area (Å²) in [6, 6.07) is 7.84. The first-order valence-electron chi connectivity index (χ1n) is 6.48. The molecule has 0 aliphatic heterocycles. The molecule has 1 heterocycles. The fourth-order valence-corrected chi connectivity index (χ4v) is 2.26.